The van der Waals surface area contributed by atoms with Crippen molar-refractivity contribution < 1.29 is 22.5 Å². The maximum absolute atomic E-state index is 13.0. The molecular weight excluding hydrogens is 230 g/mol. The molecule has 1 aromatic rings. The van der Waals surface area contributed by atoms with Crippen molar-refractivity contribution in [1.29, 1.82) is 0 Å². The average molecular weight is 235 g/mol. The first kappa shape index (κ1) is 12.2. The lowest BCUT2D eigenvalue weighted by molar-refractivity contribution is -0.422. The zero-order valence-corrected chi connectivity index (χ0v) is 7.93. The number of halogens is 4. The van der Waals surface area contributed by atoms with Gasteiger partial charge in [-0.2, -0.15) is 0 Å². The van der Waals surface area contributed by atoms with Crippen LogP contribution in [0.4, 0.5) is 17.6 Å². The minimum absolute atomic E-state index is 0.0312. The molecule has 0 bridgehead atoms. The number of nitrogens with zero attached hydrogens (tertiary/aromatic N) is 1. The minimum Gasteiger partial charge on any atom is -0.259 e. The molecule has 0 amide bonds. The highest BCUT2D eigenvalue weighted by atomic mass is 19.2. The molecule has 0 fully saturated rings. The molecule has 0 unspecified atom stereocenters. The molecule has 0 spiro atoms. The summed E-state index contributed by atoms with van der Waals surface area (Å²) >= 11 is 0. The van der Waals surface area contributed by atoms with Crippen LogP contribution in [0.3, 0.4) is 0 Å². The van der Waals surface area contributed by atoms with Crippen molar-refractivity contribution in [2.45, 2.75) is 6.92 Å². The van der Waals surface area contributed by atoms with Crippen molar-refractivity contribution >= 4 is 6.08 Å². The van der Waals surface area contributed by atoms with Gasteiger partial charge in [0, 0.05) is 19.1 Å². The van der Waals surface area contributed by atoms with E-state index >= 15 is 0 Å². The van der Waals surface area contributed by atoms with Gasteiger partial charge in [-0.15, -0.1) is 0 Å². The number of rotatable bonds is 2. The molecule has 0 heterocycles. The first-order chi connectivity index (χ1) is 7.34. The smallest absolute Gasteiger partial charge is 0.244 e. The van der Waals surface area contributed by atoms with Crippen LogP contribution < -0.4 is 0 Å². The first-order valence-electron chi connectivity index (χ1n) is 4.00. The minimum atomic E-state index is -1.67. The van der Waals surface area contributed by atoms with Crippen molar-refractivity contribution in [1.82, 2.24) is 0 Å². The van der Waals surface area contributed by atoms with Gasteiger partial charge in [0.2, 0.25) is 5.70 Å². The van der Waals surface area contributed by atoms with E-state index in [0.29, 0.717) is 6.08 Å². The average Bonchev–Trinajstić information content (AvgIpc) is 2.21. The van der Waals surface area contributed by atoms with Gasteiger partial charge in [-0.1, -0.05) is 0 Å². The lowest BCUT2D eigenvalue weighted by atomic mass is 10.1. The molecule has 0 aromatic heterocycles. The molecule has 0 aliphatic carbocycles. The summed E-state index contributed by atoms with van der Waals surface area (Å²) in [7, 11) is 0. The van der Waals surface area contributed by atoms with Gasteiger partial charge >= 0.3 is 0 Å². The van der Waals surface area contributed by atoms with E-state index in [4.69, 9.17) is 0 Å². The van der Waals surface area contributed by atoms with Crippen LogP contribution in [0.1, 0.15) is 12.5 Å². The summed E-state index contributed by atoms with van der Waals surface area (Å²) in [6.07, 6.45) is 0.427. The molecule has 0 saturated heterocycles. The molecule has 1 aromatic carbocycles. The van der Waals surface area contributed by atoms with E-state index in [9.17, 15) is 27.7 Å². The summed E-state index contributed by atoms with van der Waals surface area (Å²) in [5, 5.41) is 10.2. The fraction of sp³-hybridized carbons (Fsp3) is 0.111. The molecular formula is C9H5F4NO2. The van der Waals surface area contributed by atoms with Crippen LogP contribution in [0.5, 0.6) is 0 Å². The van der Waals surface area contributed by atoms with Crippen LogP contribution in [0, 0.1) is 33.4 Å². The normalized spacial score (nSPS) is 11.7. The van der Waals surface area contributed by atoms with E-state index in [1.165, 1.54) is 0 Å². The molecule has 0 aliphatic rings. The van der Waals surface area contributed by atoms with Gasteiger partial charge in [-0.3, -0.25) is 10.1 Å². The van der Waals surface area contributed by atoms with Crippen molar-refractivity contribution in [2.75, 3.05) is 0 Å². The third kappa shape index (κ3) is 2.18. The van der Waals surface area contributed by atoms with E-state index < -0.39 is 39.5 Å². The zero-order valence-electron chi connectivity index (χ0n) is 7.93. The van der Waals surface area contributed by atoms with Crippen LogP contribution in [-0.4, -0.2) is 4.92 Å². The molecule has 16 heavy (non-hydrogen) atoms. The van der Waals surface area contributed by atoms with Gasteiger partial charge in [0.05, 0.1) is 10.5 Å². The molecule has 0 aliphatic heterocycles. The SMILES string of the molecule is C/C(=C\c1c(F)c(F)cc(F)c1F)[N+](=O)[O-]. The summed E-state index contributed by atoms with van der Waals surface area (Å²) in [5.74, 6) is -6.55. The zero-order chi connectivity index (χ0) is 12.5. The summed E-state index contributed by atoms with van der Waals surface area (Å²) in [6, 6.07) is 0.0312. The van der Waals surface area contributed by atoms with Crippen LogP contribution >= 0.6 is 0 Å². The second-order valence-electron chi connectivity index (χ2n) is 2.92. The molecule has 0 atom stereocenters. The predicted molar refractivity (Wildman–Crippen MR) is 46.9 cm³/mol. The van der Waals surface area contributed by atoms with Crippen LogP contribution in [0.15, 0.2) is 11.8 Å². The van der Waals surface area contributed by atoms with Crippen molar-refractivity contribution in [3.05, 3.63) is 50.7 Å². The molecule has 3 nitrogen and oxygen atoms in total. The molecule has 0 radical (unpaired) electrons. The van der Waals surface area contributed by atoms with E-state index in [-0.39, 0.29) is 6.07 Å². The fourth-order valence-corrected chi connectivity index (χ4v) is 0.980. The second kappa shape index (κ2) is 4.30. The van der Waals surface area contributed by atoms with Gasteiger partial charge < -0.3 is 0 Å². The predicted octanol–water partition coefficient (Wildman–Crippen LogP) is 2.88. The fourth-order valence-electron chi connectivity index (χ4n) is 0.980. The lowest BCUT2D eigenvalue weighted by Crippen LogP contribution is -2.00. The van der Waals surface area contributed by atoms with Gasteiger partial charge in [-0.25, -0.2) is 17.6 Å². The number of hydrogen-bond acceptors (Lipinski definition) is 2. The standard InChI is InChI=1S/C9H5F4NO2/c1-4(14(15)16)2-5-8(12)6(10)3-7(11)9(5)13/h2-3H,1H3/b4-2+. The lowest BCUT2D eigenvalue weighted by Gasteiger charge is -2.01. The first-order valence-corrected chi connectivity index (χ1v) is 4.00. The molecule has 1 rings (SSSR count). The van der Waals surface area contributed by atoms with Gasteiger partial charge in [0.25, 0.3) is 0 Å². The topological polar surface area (TPSA) is 43.1 Å². The number of nitro groups is 1. The van der Waals surface area contributed by atoms with Gasteiger partial charge in [0.1, 0.15) is 0 Å². The Balaban J connectivity index is 3.44. The second-order valence-corrected chi connectivity index (χ2v) is 2.92. The third-order valence-corrected chi connectivity index (χ3v) is 1.79. The van der Waals surface area contributed by atoms with E-state index in [1.807, 2.05) is 0 Å². The van der Waals surface area contributed by atoms with E-state index in [0.717, 1.165) is 6.92 Å². The number of hydrogen-bond donors (Lipinski definition) is 0. The van der Waals surface area contributed by atoms with Crippen molar-refractivity contribution in [2.24, 2.45) is 0 Å². The molecule has 86 valence electrons. The summed E-state index contributed by atoms with van der Waals surface area (Å²) < 4.78 is 51.4. The van der Waals surface area contributed by atoms with Crippen LogP contribution in [-0.2, 0) is 0 Å². The van der Waals surface area contributed by atoms with Gasteiger partial charge in [0.15, 0.2) is 23.3 Å². The summed E-state index contributed by atoms with van der Waals surface area (Å²) in [4.78, 5) is 9.27. The Labute approximate surface area is 87.2 Å². The monoisotopic (exact) mass is 235 g/mol. The Bertz CT molecular complexity index is 459. The Morgan fingerprint density at radius 3 is 2.06 bits per heavy atom. The van der Waals surface area contributed by atoms with Crippen molar-refractivity contribution in [3.8, 4) is 0 Å². The van der Waals surface area contributed by atoms with E-state index in [2.05, 4.69) is 0 Å². The molecule has 7 heteroatoms. The third-order valence-electron chi connectivity index (χ3n) is 1.79. The molecule has 0 N–H and O–H groups in total. The Morgan fingerprint density at radius 2 is 1.69 bits per heavy atom. The maximum Gasteiger partial charge on any atom is 0.244 e. The van der Waals surface area contributed by atoms with Gasteiger partial charge in [-0.05, 0) is 0 Å². The Hall–Kier alpha value is -1.92. The summed E-state index contributed by atoms with van der Waals surface area (Å²) in [6.45, 7) is 0.946. The Morgan fingerprint density at radius 1 is 1.25 bits per heavy atom. The van der Waals surface area contributed by atoms with E-state index in [1.54, 1.807) is 0 Å². The quantitative estimate of drug-likeness (QED) is 0.342. The molecule has 0 saturated carbocycles. The number of benzene rings is 1. The van der Waals surface area contributed by atoms with Crippen LogP contribution in [0.2, 0.25) is 0 Å². The Kier molecular flexibility index (Phi) is 3.26. The largest absolute Gasteiger partial charge is 0.259 e. The highest BCUT2D eigenvalue weighted by Gasteiger charge is 2.19. The maximum atomic E-state index is 13.0. The number of allylic oxidation sites excluding steroid dienone is 1. The van der Waals surface area contributed by atoms with Crippen LogP contribution in [0.25, 0.3) is 6.08 Å². The van der Waals surface area contributed by atoms with Crippen molar-refractivity contribution in [3.63, 3.8) is 0 Å². The highest BCUT2D eigenvalue weighted by molar-refractivity contribution is 5.52. The summed E-state index contributed by atoms with van der Waals surface area (Å²) in [5.41, 5.74) is -1.74. The highest BCUT2D eigenvalue weighted by Crippen LogP contribution is 2.21.